The molecule has 1 aliphatic heterocycles. The fraction of sp³-hybridized carbons (Fsp3) is 0.500. The Balaban J connectivity index is 0.00000144. The van der Waals surface area contributed by atoms with Crippen LogP contribution < -0.4 is 5.32 Å². The Morgan fingerprint density at radius 3 is 2.41 bits per heavy atom. The van der Waals surface area contributed by atoms with E-state index in [1.807, 2.05) is 0 Å². The molecule has 0 spiro atoms. The molecule has 1 fully saturated rings. The summed E-state index contributed by atoms with van der Waals surface area (Å²) in [5.41, 5.74) is 0.644. The number of halogens is 3. The van der Waals surface area contributed by atoms with E-state index in [0.29, 0.717) is 15.6 Å². The van der Waals surface area contributed by atoms with Crippen LogP contribution in [0.3, 0.4) is 0 Å². The average molecular weight is 297 g/mol. The van der Waals surface area contributed by atoms with Crippen molar-refractivity contribution in [3.05, 3.63) is 33.8 Å². The summed E-state index contributed by atoms with van der Waals surface area (Å²) in [6, 6.07) is 5.37. The van der Waals surface area contributed by atoms with Crippen LogP contribution >= 0.6 is 35.6 Å². The van der Waals surface area contributed by atoms with Gasteiger partial charge in [-0.3, -0.25) is 0 Å². The Morgan fingerprint density at radius 1 is 1.24 bits per heavy atom. The van der Waals surface area contributed by atoms with E-state index in [4.69, 9.17) is 23.2 Å². The maximum atomic E-state index is 10.3. The van der Waals surface area contributed by atoms with Crippen LogP contribution in [0.5, 0.6) is 0 Å². The van der Waals surface area contributed by atoms with E-state index in [-0.39, 0.29) is 18.4 Å². The molecule has 1 saturated heterocycles. The summed E-state index contributed by atoms with van der Waals surface area (Å²) in [6.45, 7) is 0.948. The fourth-order valence-corrected chi connectivity index (χ4v) is 2.76. The van der Waals surface area contributed by atoms with Gasteiger partial charge in [0.25, 0.3) is 0 Å². The molecular formula is C12H16Cl3NO. The van der Waals surface area contributed by atoms with Crippen molar-refractivity contribution in [3.63, 3.8) is 0 Å². The van der Waals surface area contributed by atoms with Crippen LogP contribution in [0.1, 0.15) is 30.9 Å². The molecule has 1 heterocycles. The quantitative estimate of drug-likeness (QED) is 0.874. The van der Waals surface area contributed by atoms with Crippen molar-refractivity contribution in [2.24, 2.45) is 0 Å². The fourth-order valence-electron chi connectivity index (χ4n) is 2.14. The zero-order valence-electron chi connectivity index (χ0n) is 9.33. The second kappa shape index (κ2) is 6.81. The first kappa shape index (κ1) is 15.1. The summed E-state index contributed by atoms with van der Waals surface area (Å²) in [5, 5.41) is 14.6. The molecule has 1 aromatic carbocycles. The molecule has 1 aromatic rings. The molecule has 2 unspecified atom stereocenters. The summed E-state index contributed by atoms with van der Waals surface area (Å²) >= 11 is 12.1. The number of benzene rings is 1. The maximum Gasteiger partial charge on any atom is 0.0971 e. The van der Waals surface area contributed by atoms with Crippen molar-refractivity contribution in [1.29, 1.82) is 0 Å². The highest BCUT2D eigenvalue weighted by Crippen LogP contribution is 2.33. The molecule has 17 heavy (non-hydrogen) atoms. The maximum absolute atomic E-state index is 10.3. The lowest BCUT2D eigenvalue weighted by atomic mass is 9.95. The van der Waals surface area contributed by atoms with E-state index in [1.165, 1.54) is 6.42 Å². The van der Waals surface area contributed by atoms with Crippen LogP contribution in [-0.2, 0) is 0 Å². The summed E-state index contributed by atoms with van der Waals surface area (Å²) in [6.07, 6.45) is 2.64. The van der Waals surface area contributed by atoms with Gasteiger partial charge >= 0.3 is 0 Å². The van der Waals surface area contributed by atoms with Crippen LogP contribution in [0.2, 0.25) is 10.0 Å². The molecule has 0 radical (unpaired) electrons. The van der Waals surface area contributed by atoms with Crippen molar-refractivity contribution in [3.8, 4) is 0 Å². The van der Waals surface area contributed by atoms with E-state index in [2.05, 4.69) is 5.32 Å². The largest absolute Gasteiger partial charge is 0.387 e. The van der Waals surface area contributed by atoms with Crippen molar-refractivity contribution in [2.45, 2.75) is 31.4 Å². The third-order valence-electron chi connectivity index (χ3n) is 3.03. The molecular weight excluding hydrogens is 280 g/mol. The zero-order valence-corrected chi connectivity index (χ0v) is 11.7. The minimum Gasteiger partial charge on any atom is -0.387 e. The van der Waals surface area contributed by atoms with Crippen molar-refractivity contribution in [2.75, 3.05) is 6.54 Å². The van der Waals surface area contributed by atoms with Crippen molar-refractivity contribution < 1.29 is 5.11 Å². The molecule has 0 aliphatic carbocycles. The van der Waals surface area contributed by atoms with Gasteiger partial charge < -0.3 is 10.4 Å². The molecule has 2 N–H and O–H groups in total. The molecule has 0 aromatic heterocycles. The van der Waals surface area contributed by atoms with E-state index >= 15 is 0 Å². The van der Waals surface area contributed by atoms with Gasteiger partial charge in [0, 0.05) is 21.7 Å². The second-order valence-corrected chi connectivity index (χ2v) is 4.95. The van der Waals surface area contributed by atoms with Gasteiger partial charge in [0.1, 0.15) is 0 Å². The summed E-state index contributed by atoms with van der Waals surface area (Å²) < 4.78 is 0. The summed E-state index contributed by atoms with van der Waals surface area (Å²) in [5.74, 6) is 0. The first-order valence-corrected chi connectivity index (χ1v) is 6.31. The van der Waals surface area contributed by atoms with E-state index in [9.17, 15) is 5.11 Å². The Labute approximate surface area is 118 Å². The highest BCUT2D eigenvalue weighted by Gasteiger charge is 2.25. The van der Waals surface area contributed by atoms with Gasteiger partial charge in [-0.2, -0.15) is 0 Å². The minimum atomic E-state index is -0.624. The van der Waals surface area contributed by atoms with Crippen LogP contribution in [0, 0.1) is 0 Å². The van der Waals surface area contributed by atoms with Crippen LogP contribution in [-0.4, -0.2) is 17.7 Å². The molecule has 2 nitrogen and oxygen atoms in total. The molecule has 0 bridgehead atoms. The standard InChI is InChI=1S/C12H15Cl2NO.ClH/c13-8-4-3-5-9(14)11(8)12(16)10-6-1-2-7-15-10;/h3-5,10,12,15-16H,1-2,6-7H2;1H. The van der Waals surface area contributed by atoms with Gasteiger partial charge in [-0.05, 0) is 31.5 Å². The van der Waals surface area contributed by atoms with E-state index in [1.54, 1.807) is 18.2 Å². The topological polar surface area (TPSA) is 32.3 Å². The Kier molecular flexibility index (Phi) is 6.04. The first-order valence-electron chi connectivity index (χ1n) is 5.55. The molecule has 2 atom stereocenters. The SMILES string of the molecule is Cl.OC(c1c(Cl)cccc1Cl)C1CCCCN1. The number of aliphatic hydroxyl groups is 1. The average Bonchev–Trinajstić information content (AvgIpc) is 2.30. The first-order chi connectivity index (χ1) is 7.70. The zero-order chi connectivity index (χ0) is 11.5. The van der Waals surface area contributed by atoms with Crippen LogP contribution in [0.4, 0.5) is 0 Å². The van der Waals surface area contributed by atoms with Crippen LogP contribution in [0.25, 0.3) is 0 Å². The second-order valence-electron chi connectivity index (χ2n) is 4.14. The van der Waals surface area contributed by atoms with Crippen molar-refractivity contribution >= 4 is 35.6 Å². The lowest BCUT2D eigenvalue weighted by Gasteiger charge is -2.29. The number of hydrogen-bond donors (Lipinski definition) is 2. The van der Waals surface area contributed by atoms with Gasteiger partial charge in [0.15, 0.2) is 0 Å². The number of rotatable bonds is 2. The number of nitrogens with one attached hydrogen (secondary N) is 1. The monoisotopic (exact) mass is 295 g/mol. The normalized spacial score (nSPS) is 21.7. The molecule has 2 rings (SSSR count). The highest BCUT2D eigenvalue weighted by molar-refractivity contribution is 6.36. The van der Waals surface area contributed by atoms with Gasteiger partial charge in [-0.15, -0.1) is 12.4 Å². The molecule has 5 heteroatoms. The highest BCUT2D eigenvalue weighted by atomic mass is 35.5. The smallest absolute Gasteiger partial charge is 0.0971 e. The number of piperidine rings is 1. The number of aliphatic hydroxyl groups excluding tert-OH is 1. The predicted octanol–water partition coefficient (Wildman–Crippen LogP) is 3.59. The third kappa shape index (κ3) is 3.49. The van der Waals surface area contributed by atoms with Crippen molar-refractivity contribution in [1.82, 2.24) is 5.32 Å². The van der Waals surface area contributed by atoms with Gasteiger partial charge in [0.05, 0.1) is 6.10 Å². The Hall–Kier alpha value is 0.01000. The van der Waals surface area contributed by atoms with Gasteiger partial charge in [0.2, 0.25) is 0 Å². The summed E-state index contributed by atoms with van der Waals surface area (Å²) in [4.78, 5) is 0. The Bertz CT molecular complexity index is 347. The summed E-state index contributed by atoms with van der Waals surface area (Å²) in [7, 11) is 0. The Morgan fingerprint density at radius 2 is 1.88 bits per heavy atom. The van der Waals surface area contributed by atoms with Crippen LogP contribution in [0.15, 0.2) is 18.2 Å². The molecule has 0 saturated carbocycles. The lowest BCUT2D eigenvalue weighted by Crippen LogP contribution is -2.39. The lowest BCUT2D eigenvalue weighted by molar-refractivity contribution is 0.114. The van der Waals surface area contributed by atoms with E-state index in [0.717, 1.165) is 19.4 Å². The van der Waals surface area contributed by atoms with E-state index < -0.39 is 6.10 Å². The molecule has 1 aliphatic rings. The minimum absolute atomic E-state index is 0. The number of hydrogen-bond acceptors (Lipinski definition) is 2. The van der Waals surface area contributed by atoms with Gasteiger partial charge in [-0.1, -0.05) is 35.7 Å². The molecule has 0 amide bonds. The predicted molar refractivity (Wildman–Crippen MR) is 74.3 cm³/mol. The third-order valence-corrected chi connectivity index (χ3v) is 3.68. The molecule has 96 valence electrons. The van der Waals surface area contributed by atoms with Gasteiger partial charge in [-0.25, -0.2) is 0 Å².